The van der Waals surface area contributed by atoms with Gasteiger partial charge in [-0.3, -0.25) is 0 Å². The first-order chi connectivity index (χ1) is 6.13. The van der Waals surface area contributed by atoms with E-state index >= 15 is 0 Å². The number of hydrogen-bond acceptors (Lipinski definition) is 1. The monoisotopic (exact) mass is 229 g/mol. The minimum absolute atomic E-state index is 0.294. The Hall–Kier alpha value is -0.403. The van der Waals surface area contributed by atoms with E-state index in [9.17, 15) is 4.21 Å². The molecule has 0 spiro atoms. The van der Waals surface area contributed by atoms with Gasteiger partial charge in [-0.1, -0.05) is 25.6 Å². The molecule has 0 aliphatic carbocycles. The summed E-state index contributed by atoms with van der Waals surface area (Å²) in [7, 11) is -2.51. The van der Waals surface area contributed by atoms with Crippen LogP contribution in [0, 0.1) is 11.5 Å². The van der Waals surface area contributed by atoms with Crippen LogP contribution in [0.2, 0.25) is 19.6 Å². The van der Waals surface area contributed by atoms with Gasteiger partial charge in [-0.05, 0) is 20.8 Å². The van der Waals surface area contributed by atoms with E-state index in [0.29, 0.717) is 0 Å². The summed E-state index contributed by atoms with van der Waals surface area (Å²) in [5, 5.41) is 0. The molecule has 0 N–H and O–H groups in total. The van der Waals surface area contributed by atoms with Crippen molar-refractivity contribution in [2.45, 2.75) is 45.2 Å². The molecular formula is C10H19NOSSi. The van der Waals surface area contributed by atoms with Crippen molar-refractivity contribution >= 4 is 25.3 Å². The summed E-state index contributed by atoms with van der Waals surface area (Å²) >= 11 is 0. The van der Waals surface area contributed by atoms with Gasteiger partial charge < -0.3 is 0 Å². The maximum Gasteiger partial charge on any atom is 0.145 e. The van der Waals surface area contributed by atoms with Crippen molar-refractivity contribution in [2.75, 3.05) is 0 Å². The normalized spacial score (nSPS) is 15.0. The minimum atomic E-state index is -1.33. The molecule has 0 aliphatic rings. The van der Waals surface area contributed by atoms with Crippen molar-refractivity contribution in [2.24, 2.45) is 4.40 Å². The van der Waals surface area contributed by atoms with Gasteiger partial charge >= 0.3 is 0 Å². The first-order valence-corrected chi connectivity index (χ1v) is 9.21. The Labute approximate surface area is 90.8 Å². The highest BCUT2D eigenvalue weighted by Crippen LogP contribution is 2.11. The Morgan fingerprint density at radius 1 is 1.29 bits per heavy atom. The molecule has 0 radical (unpaired) electrons. The Morgan fingerprint density at radius 3 is 2.14 bits per heavy atom. The fraction of sp³-hybridized carbons (Fsp3) is 0.700. The predicted octanol–water partition coefficient (Wildman–Crippen LogP) is 2.40. The molecule has 0 amide bonds. The molecule has 14 heavy (non-hydrogen) atoms. The first kappa shape index (κ1) is 13.6. The molecule has 1 atom stereocenters. The first-order valence-electron chi connectivity index (χ1n) is 4.60. The average Bonchev–Trinajstić information content (AvgIpc) is 1.93. The molecule has 0 aromatic heterocycles. The van der Waals surface area contributed by atoms with Crippen molar-refractivity contribution in [3.8, 4) is 11.5 Å². The average molecular weight is 229 g/mol. The summed E-state index contributed by atoms with van der Waals surface area (Å²) in [6, 6.07) is 0. The van der Waals surface area contributed by atoms with Crippen LogP contribution >= 0.6 is 0 Å². The van der Waals surface area contributed by atoms with Crippen LogP contribution in [0.15, 0.2) is 4.40 Å². The molecule has 0 aromatic rings. The van der Waals surface area contributed by atoms with E-state index in [1.54, 1.807) is 0 Å². The molecule has 2 nitrogen and oxygen atoms in total. The van der Waals surface area contributed by atoms with Crippen LogP contribution in [-0.4, -0.2) is 23.2 Å². The molecule has 80 valence electrons. The van der Waals surface area contributed by atoms with Crippen LogP contribution in [0.5, 0.6) is 0 Å². The van der Waals surface area contributed by atoms with E-state index in [-0.39, 0.29) is 4.75 Å². The van der Waals surface area contributed by atoms with Crippen LogP contribution in [0.1, 0.15) is 20.8 Å². The number of nitrogens with zero attached hydrogens (tertiary/aromatic N) is 1. The van der Waals surface area contributed by atoms with Crippen molar-refractivity contribution < 1.29 is 4.21 Å². The van der Waals surface area contributed by atoms with Crippen molar-refractivity contribution in [3.05, 3.63) is 0 Å². The van der Waals surface area contributed by atoms with Crippen LogP contribution in [0.4, 0.5) is 0 Å². The quantitative estimate of drug-likeness (QED) is 0.386. The van der Waals surface area contributed by atoms with Crippen molar-refractivity contribution in [3.63, 3.8) is 0 Å². The summed E-state index contributed by atoms with van der Waals surface area (Å²) in [5.41, 5.74) is 3.13. The van der Waals surface area contributed by atoms with Gasteiger partial charge in [0.05, 0.1) is 11.0 Å². The third-order valence-corrected chi connectivity index (χ3v) is 3.42. The van der Waals surface area contributed by atoms with Crippen molar-refractivity contribution in [1.82, 2.24) is 0 Å². The lowest BCUT2D eigenvalue weighted by atomic mass is 10.3. The Kier molecular flexibility index (Phi) is 4.76. The lowest BCUT2D eigenvalue weighted by molar-refractivity contribution is 0.651. The highest BCUT2D eigenvalue weighted by molar-refractivity contribution is 7.85. The van der Waals surface area contributed by atoms with Crippen molar-refractivity contribution in [1.29, 1.82) is 0 Å². The largest absolute Gasteiger partial charge is 0.234 e. The Balaban J connectivity index is 4.34. The van der Waals surface area contributed by atoms with Crippen LogP contribution in [-0.2, 0) is 11.0 Å². The summed E-state index contributed by atoms with van der Waals surface area (Å²) < 4.78 is 15.0. The molecule has 4 heteroatoms. The van der Waals surface area contributed by atoms with E-state index in [0.717, 1.165) is 0 Å². The zero-order valence-electron chi connectivity index (χ0n) is 9.84. The molecule has 0 heterocycles. The van der Waals surface area contributed by atoms with Gasteiger partial charge in [-0.15, -0.1) is 5.54 Å². The topological polar surface area (TPSA) is 29.4 Å². The van der Waals surface area contributed by atoms with E-state index in [2.05, 4.69) is 35.5 Å². The van der Waals surface area contributed by atoms with Gasteiger partial charge in [0, 0.05) is 0 Å². The third kappa shape index (κ3) is 7.04. The second-order valence-corrected chi connectivity index (χ2v) is 11.8. The second-order valence-electron chi connectivity index (χ2n) is 5.12. The fourth-order valence-corrected chi connectivity index (χ4v) is 1.44. The van der Waals surface area contributed by atoms with E-state index in [4.69, 9.17) is 0 Å². The molecule has 0 unspecified atom stereocenters. The van der Waals surface area contributed by atoms with Crippen LogP contribution in [0.3, 0.4) is 0 Å². The summed E-state index contributed by atoms with van der Waals surface area (Å²) in [6.45, 7) is 12.2. The lowest BCUT2D eigenvalue weighted by Gasteiger charge is -2.12. The summed E-state index contributed by atoms with van der Waals surface area (Å²) in [4.78, 5) is 0. The van der Waals surface area contributed by atoms with Crippen LogP contribution < -0.4 is 0 Å². The second kappa shape index (κ2) is 4.90. The van der Waals surface area contributed by atoms with Gasteiger partial charge in [-0.25, -0.2) is 4.21 Å². The van der Waals surface area contributed by atoms with E-state index < -0.39 is 19.1 Å². The van der Waals surface area contributed by atoms with Gasteiger partial charge in [0.25, 0.3) is 0 Å². The lowest BCUT2D eigenvalue weighted by Crippen LogP contribution is -2.19. The third-order valence-electron chi connectivity index (χ3n) is 1.18. The van der Waals surface area contributed by atoms with Gasteiger partial charge in [-0.2, -0.15) is 4.40 Å². The molecule has 0 rings (SSSR count). The van der Waals surface area contributed by atoms with E-state index in [1.807, 2.05) is 20.8 Å². The van der Waals surface area contributed by atoms with Gasteiger partial charge in [0.2, 0.25) is 0 Å². The van der Waals surface area contributed by atoms with Crippen LogP contribution in [0.25, 0.3) is 0 Å². The Morgan fingerprint density at radius 2 is 1.79 bits per heavy atom. The highest BCUT2D eigenvalue weighted by Gasteiger charge is 2.17. The number of rotatable bonds is 1. The molecule has 0 fully saturated rings. The summed E-state index contributed by atoms with van der Waals surface area (Å²) in [5.74, 6) is 2.86. The summed E-state index contributed by atoms with van der Waals surface area (Å²) in [6.07, 6.45) is 1.47. The highest BCUT2D eigenvalue weighted by atomic mass is 32.2. The zero-order chi connectivity index (χ0) is 11.4. The van der Waals surface area contributed by atoms with E-state index in [1.165, 1.54) is 6.21 Å². The SMILES string of the molecule is CC(C)(C)[S@](=O)/N=C/C#C[Si](C)(C)C. The molecule has 0 saturated carbocycles. The molecule has 0 saturated heterocycles. The molecule has 0 aliphatic heterocycles. The van der Waals surface area contributed by atoms with Gasteiger partial charge in [0.1, 0.15) is 19.1 Å². The predicted molar refractivity (Wildman–Crippen MR) is 67.5 cm³/mol. The van der Waals surface area contributed by atoms with Gasteiger partial charge in [0.15, 0.2) is 0 Å². The maximum absolute atomic E-state index is 11.4. The standard InChI is InChI=1S/C10H19NOSSi/c1-10(2,3)13(12)11-8-7-9-14(4,5)6/h8H,1-6H3/b11-8+/t13-/m0/s1. The number of hydrogen-bond donors (Lipinski definition) is 0. The smallest absolute Gasteiger partial charge is 0.145 e. The fourth-order valence-electron chi connectivity index (χ4n) is 0.481. The zero-order valence-corrected chi connectivity index (χ0v) is 11.7. The molecule has 0 aromatic carbocycles. The Bertz CT molecular complexity index is 299. The minimum Gasteiger partial charge on any atom is -0.234 e. The molecule has 0 bridgehead atoms. The molecular weight excluding hydrogens is 210 g/mol. The maximum atomic E-state index is 11.4.